The first-order chi connectivity index (χ1) is 7.97. The predicted molar refractivity (Wildman–Crippen MR) is 64.6 cm³/mol. The molecule has 0 aliphatic carbocycles. The summed E-state index contributed by atoms with van der Waals surface area (Å²) in [5.41, 5.74) is 0.925. The molecule has 1 atom stereocenters. The molecule has 0 amide bonds. The third-order valence-corrected chi connectivity index (χ3v) is 4.25. The quantitative estimate of drug-likeness (QED) is 0.822. The Morgan fingerprint density at radius 1 is 1.35 bits per heavy atom. The van der Waals surface area contributed by atoms with Crippen molar-refractivity contribution in [3.05, 3.63) is 29.8 Å². The highest BCUT2D eigenvalue weighted by Crippen LogP contribution is 2.29. The van der Waals surface area contributed by atoms with Crippen molar-refractivity contribution in [3.8, 4) is 0 Å². The molecule has 0 saturated heterocycles. The van der Waals surface area contributed by atoms with Gasteiger partial charge in [-0.25, -0.2) is 0 Å². The number of carbonyl (C=O) groups excluding carboxylic acids is 1. The lowest BCUT2D eigenvalue weighted by Gasteiger charge is -2.08. The highest BCUT2D eigenvalue weighted by molar-refractivity contribution is 7.90. The highest BCUT2D eigenvalue weighted by atomic mass is 32.2. The molecule has 0 N–H and O–H groups in total. The number of sulfonamides is 1. The number of fused-ring (bicyclic) bond motifs is 1. The first kappa shape index (κ1) is 12.0. The number of nitrogens with zero attached hydrogens (tertiary/aromatic N) is 1. The molecular formula is C12H13NO3S. The molecule has 5 heteroatoms. The van der Waals surface area contributed by atoms with Crippen LogP contribution < -0.4 is 0 Å². The number of carbonyl (C=O) groups is 1. The summed E-state index contributed by atoms with van der Waals surface area (Å²) >= 11 is 0. The maximum absolute atomic E-state index is 11.8. The van der Waals surface area contributed by atoms with Gasteiger partial charge in [-0.1, -0.05) is 25.1 Å². The van der Waals surface area contributed by atoms with Crippen LogP contribution in [0.15, 0.2) is 33.6 Å². The van der Waals surface area contributed by atoms with E-state index in [9.17, 15) is 13.2 Å². The molecule has 0 bridgehead atoms. The van der Waals surface area contributed by atoms with Gasteiger partial charge in [0.15, 0.2) is 0 Å². The Hall–Kier alpha value is -1.49. The summed E-state index contributed by atoms with van der Waals surface area (Å²) in [7, 11) is -3.61. The van der Waals surface area contributed by atoms with Crippen molar-refractivity contribution in [2.45, 2.75) is 25.2 Å². The van der Waals surface area contributed by atoms with Gasteiger partial charge in [-0.3, -0.25) is 4.79 Å². The lowest BCUT2D eigenvalue weighted by atomic mass is 9.93. The van der Waals surface area contributed by atoms with Crippen LogP contribution in [-0.4, -0.2) is 19.9 Å². The van der Waals surface area contributed by atoms with Gasteiger partial charge < -0.3 is 0 Å². The molecular weight excluding hydrogens is 238 g/mol. The summed E-state index contributed by atoms with van der Waals surface area (Å²) in [4.78, 5) is 11.8. The van der Waals surface area contributed by atoms with E-state index in [1.807, 2.05) is 0 Å². The van der Waals surface area contributed by atoms with Crippen LogP contribution >= 0.6 is 0 Å². The maximum atomic E-state index is 11.8. The van der Waals surface area contributed by atoms with Gasteiger partial charge in [0, 0.05) is 12.0 Å². The van der Waals surface area contributed by atoms with Crippen molar-refractivity contribution in [1.29, 1.82) is 0 Å². The molecule has 1 aromatic carbocycles. The first-order valence-corrected chi connectivity index (χ1v) is 6.88. The zero-order valence-corrected chi connectivity index (χ0v) is 10.5. The van der Waals surface area contributed by atoms with Crippen molar-refractivity contribution in [2.75, 3.05) is 0 Å². The summed E-state index contributed by atoms with van der Waals surface area (Å²) in [6, 6.07) is 6.61. The van der Waals surface area contributed by atoms with Crippen molar-refractivity contribution in [3.63, 3.8) is 0 Å². The van der Waals surface area contributed by atoms with E-state index in [2.05, 4.69) is 4.40 Å². The second kappa shape index (κ2) is 4.07. The average molecular weight is 251 g/mol. The molecule has 1 unspecified atom stereocenters. The zero-order chi connectivity index (χ0) is 12.6. The predicted octanol–water partition coefficient (Wildman–Crippen LogP) is 1.79. The lowest BCUT2D eigenvalue weighted by Crippen LogP contribution is -2.20. The van der Waals surface area contributed by atoms with E-state index >= 15 is 0 Å². The number of hydrogen-bond donors (Lipinski definition) is 0. The maximum Gasteiger partial charge on any atom is 0.283 e. The summed E-state index contributed by atoms with van der Waals surface area (Å²) in [5, 5.41) is 0. The Bertz CT molecular complexity index is 602. The highest BCUT2D eigenvalue weighted by Gasteiger charge is 2.32. The van der Waals surface area contributed by atoms with E-state index in [-0.39, 0.29) is 10.7 Å². The van der Waals surface area contributed by atoms with Crippen LogP contribution in [0, 0.1) is 5.92 Å². The minimum absolute atomic E-state index is 0.00402. The second-order valence-corrected chi connectivity index (χ2v) is 5.56. The molecule has 0 radical (unpaired) electrons. The minimum atomic E-state index is -3.61. The molecule has 0 saturated carbocycles. The van der Waals surface area contributed by atoms with Crippen LogP contribution in [0.3, 0.4) is 0 Å². The van der Waals surface area contributed by atoms with Crippen LogP contribution in [0.4, 0.5) is 0 Å². The summed E-state index contributed by atoms with van der Waals surface area (Å²) < 4.78 is 27.3. The molecule has 1 aliphatic heterocycles. The van der Waals surface area contributed by atoms with E-state index in [0.29, 0.717) is 17.7 Å². The van der Waals surface area contributed by atoms with Crippen LogP contribution in [0.2, 0.25) is 0 Å². The molecule has 1 aliphatic rings. The topological polar surface area (TPSA) is 63.6 Å². The van der Waals surface area contributed by atoms with Crippen molar-refractivity contribution >= 4 is 21.5 Å². The fourth-order valence-electron chi connectivity index (χ4n) is 1.90. The van der Waals surface area contributed by atoms with Gasteiger partial charge in [0.1, 0.15) is 5.78 Å². The van der Waals surface area contributed by atoms with Gasteiger partial charge in [0.2, 0.25) is 0 Å². The smallest absolute Gasteiger partial charge is 0.283 e. The van der Waals surface area contributed by atoms with Gasteiger partial charge in [-0.05, 0) is 13.0 Å². The zero-order valence-electron chi connectivity index (χ0n) is 9.67. The third-order valence-electron chi connectivity index (χ3n) is 2.90. The van der Waals surface area contributed by atoms with Crippen LogP contribution in [-0.2, 0) is 14.8 Å². The number of benzene rings is 1. The van der Waals surface area contributed by atoms with E-state index in [4.69, 9.17) is 0 Å². The summed E-state index contributed by atoms with van der Waals surface area (Å²) in [5.74, 6) is -0.478. The van der Waals surface area contributed by atoms with Crippen LogP contribution in [0.1, 0.15) is 25.8 Å². The van der Waals surface area contributed by atoms with Crippen LogP contribution in [0.5, 0.6) is 0 Å². The van der Waals surface area contributed by atoms with Crippen molar-refractivity contribution in [2.24, 2.45) is 10.3 Å². The van der Waals surface area contributed by atoms with Gasteiger partial charge in [0.05, 0.1) is 16.5 Å². The Balaban J connectivity index is 2.56. The van der Waals surface area contributed by atoms with Gasteiger partial charge in [-0.2, -0.15) is 12.8 Å². The first-order valence-electron chi connectivity index (χ1n) is 5.44. The SMILES string of the molecule is CCC(=O)C(C)C1=NS(=O)(=O)c2ccccc21. The molecule has 1 aromatic rings. The number of Topliss-reactive ketones (excluding diaryl/α,β-unsaturated/α-hetero) is 1. The van der Waals surface area contributed by atoms with E-state index in [1.54, 1.807) is 32.0 Å². The normalized spacial score (nSPS) is 18.4. The Kier molecular flexibility index (Phi) is 2.87. The van der Waals surface area contributed by atoms with Crippen LogP contribution in [0.25, 0.3) is 0 Å². The van der Waals surface area contributed by atoms with Crippen molar-refractivity contribution < 1.29 is 13.2 Å². The lowest BCUT2D eigenvalue weighted by molar-refractivity contribution is -0.120. The molecule has 90 valence electrons. The molecule has 0 aromatic heterocycles. The summed E-state index contributed by atoms with van der Waals surface area (Å²) in [6.45, 7) is 3.46. The van der Waals surface area contributed by atoms with E-state index < -0.39 is 15.9 Å². The standard InChI is InChI=1S/C12H13NO3S/c1-3-10(14)8(2)12-9-6-4-5-7-11(9)17(15,16)13-12/h4-8H,3H2,1-2H3. The monoisotopic (exact) mass is 251 g/mol. The number of rotatable bonds is 3. The fraction of sp³-hybridized carbons (Fsp3) is 0.333. The van der Waals surface area contributed by atoms with E-state index in [0.717, 1.165) is 0 Å². The summed E-state index contributed by atoms with van der Waals surface area (Å²) in [6.07, 6.45) is 0.377. The molecule has 0 fully saturated rings. The Morgan fingerprint density at radius 2 is 2.00 bits per heavy atom. The Labute approximate surface area is 100 Å². The third kappa shape index (κ3) is 1.91. The van der Waals surface area contributed by atoms with Crippen molar-refractivity contribution in [1.82, 2.24) is 0 Å². The second-order valence-electron chi connectivity index (χ2n) is 3.99. The number of hydrogen-bond acceptors (Lipinski definition) is 3. The molecule has 0 spiro atoms. The largest absolute Gasteiger partial charge is 0.299 e. The molecule has 1 heterocycles. The van der Waals surface area contributed by atoms with E-state index in [1.165, 1.54) is 6.07 Å². The van der Waals surface area contributed by atoms with Gasteiger partial charge in [0.25, 0.3) is 10.0 Å². The molecule has 4 nitrogen and oxygen atoms in total. The Morgan fingerprint density at radius 3 is 2.65 bits per heavy atom. The molecule has 2 rings (SSSR count). The average Bonchev–Trinajstić information content (AvgIpc) is 2.60. The van der Waals surface area contributed by atoms with Gasteiger partial charge >= 0.3 is 0 Å². The molecule has 17 heavy (non-hydrogen) atoms. The number of ketones is 1. The fourth-order valence-corrected chi connectivity index (χ4v) is 3.22. The van der Waals surface area contributed by atoms with Gasteiger partial charge in [-0.15, -0.1) is 0 Å². The minimum Gasteiger partial charge on any atom is -0.299 e.